The van der Waals surface area contributed by atoms with Crippen molar-refractivity contribution in [1.82, 2.24) is 5.32 Å². The van der Waals surface area contributed by atoms with Crippen LogP contribution < -0.4 is 5.32 Å². The second kappa shape index (κ2) is 5.52. The van der Waals surface area contributed by atoms with Gasteiger partial charge in [-0.25, -0.2) is 0 Å². The second-order valence-electron chi connectivity index (χ2n) is 6.65. The second-order valence-corrected chi connectivity index (χ2v) is 6.65. The Kier molecular flexibility index (Phi) is 3.57. The minimum atomic E-state index is -4.32. The molecule has 2 nitrogen and oxygen atoms in total. The van der Waals surface area contributed by atoms with Crippen molar-refractivity contribution in [3.05, 3.63) is 64.7 Å². The Morgan fingerprint density at radius 2 is 1.75 bits per heavy atom. The monoisotopic (exact) mass is 333 g/mol. The first-order chi connectivity index (χ1) is 11.4. The molecule has 2 aromatic carbocycles. The zero-order valence-corrected chi connectivity index (χ0v) is 13.0. The molecule has 0 bridgehead atoms. The summed E-state index contributed by atoms with van der Waals surface area (Å²) in [6, 6.07) is 11.1. The lowest BCUT2D eigenvalue weighted by Gasteiger charge is -2.31. The standard InChI is InChI=1S/C19H18F3NO/c20-19(21,22)12-5-3-11(4-6-12)17-15-2-1-9-23-18(15)14-8-7-13(24)10-16(14)17/h3-8,10,15,17-18,23-24H,1-2,9H2. The minimum absolute atomic E-state index is 0.0205. The number of halogens is 3. The van der Waals surface area contributed by atoms with Gasteiger partial charge in [0.2, 0.25) is 0 Å². The van der Waals surface area contributed by atoms with Crippen LogP contribution in [0.3, 0.4) is 0 Å². The van der Waals surface area contributed by atoms with Gasteiger partial charge in [0.15, 0.2) is 0 Å². The average Bonchev–Trinajstić information content (AvgIpc) is 2.87. The molecule has 0 amide bonds. The molecule has 3 atom stereocenters. The molecule has 2 aromatic rings. The Bertz CT molecular complexity index is 754. The Balaban J connectivity index is 1.78. The highest BCUT2D eigenvalue weighted by molar-refractivity contribution is 5.49. The molecule has 1 heterocycles. The van der Waals surface area contributed by atoms with Crippen LogP contribution in [0.4, 0.5) is 13.2 Å². The molecule has 1 aliphatic carbocycles. The first-order valence-electron chi connectivity index (χ1n) is 8.18. The number of alkyl halides is 3. The number of piperidine rings is 1. The molecular weight excluding hydrogens is 315 g/mol. The quantitative estimate of drug-likeness (QED) is 0.799. The summed E-state index contributed by atoms with van der Waals surface area (Å²) >= 11 is 0. The number of hydrogen-bond acceptors (Lipinski definition) is 2. The summed E-state index contributed by atoms with van der Waals surface area (Å²) in [7, 11) is 0. The van der Waals surface area contributed by atoms with Gasteiger partial charge in [-0.1, -0.05) is 18.2 Å². The molecule has 24 heavy (non-hydrogen) atoms. The summed E-state index contributed by atoms with van der Waals surface area (Å²) < 4.78 is 38.4. The Hall–Kier alpha value is -2.01. The Morgan fingerprint density at radius 1 is 1.00 bits per heavy atom. The van der Waals surface area contributed by atoms with E-state index in [0.29, 0.717) is 5.92 Å². The van der Waals surface area contributed by atoms with E-state index in [1.54, 1.807) is 24.3 Å². The number of nitrogens with one attached hydrogen (secondary N) is 1. The summed E-state index contributed by atoms with van der Waals surface area (Å²) in [6.45, 7) is 0.946. The van der Waals surface area contributed by atoms with Crippen LogP contribution in [-0.2, 0) is 6.18 Å². The number of phenols is 1. The number of benzene rings is 2. The molecule has 1 saturated heterocycles. The molecule has 3 unspecified atom stereocenters. The van der Waals surface area contributed by atoms with Crippen molar-refractivity contribution >= 4 is 0 Å². The topological polar surface area (TPSA) is 32.3 Å². The summed E-state index contributed by atoms with van der Waals surface area (Å²) in [5.41, 5.74) is 2.44. The van der Waals surface area contributed by atoms with Gasteiger partial charge in [-0.3, -0.25) is 0 Å². The van der Waals surface area contributed by atoms with Gasteiger partial charge in [-0.15, -0.1) is 0 Å². The fourth-order valence-corrected chi connectivity index (χ4v) is 4.26. The number of aromatic hydroxyl groups is 1. The van der Waals surface area contributed by atoms with Crippen LogP contribution >= 0.6 is 0 Å². The predicted molar refractivity (Wildman–Crippen MR) is 84.9 cm³/mol. The van der Waals surface area contributed by atoms with E-state index in [-0.39, 0.29) is 17.7 Å². The molecule has 2 aliphatic rings. The maximum atomic E-state index is 12.8. The molecule has 0 aromatic heterocycles. The number of phenolic OH excluding ortho intramolecular Hbond substituents is 1. The van der Waals surface area contributed by atoms with Crippen molar-refractivity contribution in [2.24, 2.45) is 5.92 Å². The third-order valence-electron chi connectivity index (χ3n) is 5.27. The van der Waals surface area contributed by atoms with Crippen molar-refractivity contribution in [2.45, 2.75) is 31.0 Å². The van der Waals surface area contributed by atoms with Crippen molar-refractivity contribution in [2.75, 3.05) is 6.54 Å². The number of hydrogen-bond donors (Lipinski definition) is 2. The van der Waals surface area contributed by atoms with E-state index < -0.39 is 11.7 Å². The van der Waals surface area contributed by atoms with Crippen LogP contribution in [0.1, 0.15) is 47.1 Å². The van der Waals surface area contributed by atoms with Gasteiger partial charge >= 0.3 is 6.18 Å². The van der Waals surface area contributed by atoms with Crippen LogP contribution in [0.15, 0.2) is 42.5 Å². The van der Waals surface area contributed by atoms with Crippen molar-refractivity contribution in [3.8, 4) is 5.75 Å². The average molecular weight is 333 g/mol. The Morgan fingerprint density at radius 3 is 2.46 bits per heavy atom. The maximum absolute atomic E-state index is 12.8. The molecule has 2 N–H and O–H groups in total. The molecule has 1 fully saturated rings. The third kappa shape index (κ3) is 2.47. The first-order valence-corrected chi connectivity index (χ1v) is 8.18. The van der Waals surface area contributed by atoms with E-state index in [4.69, 9.17) is 0 Å². The van der Waals surface area contributed by atoms with Gasteiger partial charge in [0.25, 0.3) is 0 Å². The van der Waals surface area contributed by atoms with Gasteiger partial charge in [0.1, 0.15) is 5.75 Å². The Labute approximate surface area is 138 Å². The number of rotatable bonds is 1. The van der Waals surface area contributed by atoms with Crippen LogP contribution in [0.2, 0.25) is 0 Å². The minimum Gasteiger partial charge on any atom is -0.508 e. The molecule has 0 saturated carbocycles. The molecule has 126 valence electrons. The first kappa shape index (κ1) is 15.5. The smallest absolute Gasteiger partial charge is 0.416 e. The lowest BCUT2D eigenvalue weighted by Crippen LogP contribution is -2.32. The molecule has 0 spiro atoms. The van der Waals surface area contributed by atoms with Crippen LogP contribution in [0, 0.1) is 5.92 Å². The fraction of sp³-hybridized carbons (Fsp3) is 0.368. The van der Waals surface area contributed by atoms with E-state index in [1.807, 2.05) is 6.07 Å². The zero-order chi connectivity index (χ0) is 16.9. The van der Waals surface area contributed by atoms with Gasteiger partial charge < -0.3 is 10.4 Å². The van der Waals surface area contributed by atoms with Gasteiger partial charge in [0.05, 0.1) is 5.56 Å². The van der Waals surface area contributed by atoms with Crippen molar-refractivity contribution in [3.63, 3.8) is 0 Å². The predicted octanol–water partition coefficient (Wildman–Crippen LogP) is 4.60. The molecular formula is C19H18F3NO. The molecule has 0 radical (unpaired) electrons. The van der Waals surface area contributed by atoms with E-state index in [9.17, 15) is 18.3 Å². The fourth-order valence-electron chi connectivity index (χ4n) is 4.26. The van der Waals surface area contributed by atoms with E-state index in [2.05, 4.69) is 5.32 Å². The van der Waals surface area contributed by atoms with E-state index in [1.165, 1.54) is 0 Å². The highest BCUT2D eigenvalue weighted by atomic mass is 19.4. The van der Waals surface area contributed by atoms with Crippen molar-refractivity contribution < 1.29 is 18.3 Å². The lowest BCUT2D eigenvalue weighted by atomic mass is 9.80. The highest BCUT2D eigenvalue weighted by Crippen LogP contribution is 2.52. The largest absolute Gasteiger partial charge is 0.508 e. The van der Waals surface area contributed by atoms with Gasteiger partial charge in [-0.2, -0.15) is 13.2 Å². The summed E-state index contributed by atoms with van der Waals surface area (Å²) in [4.78, 5) is 0. The normalized spacial score (nSPS) is 26.0. The molecule has 4 rings (SSSR count). The van der Waals surface area contributed by atoms with Crippen molar-refractivity contribution in [1.29, 1.82) is 0 Å². The van der Waals surface area contributed by atoms with Gasteiger partial charge in [-0.05, 0) is 66.3 Å². The molecule has 1 aliphatic heterocycles. The maximum Gasteiger partial charge on any atom is 0.416 e. The SMILES string of the molecule is Oc1ccc2c(c1)C(c1ccc(C(F)(F)F)cc1)C1CCCNC21. The highest BCUT2D eigenvalue weighted by Gasteiger charge is 2.42. The zero-order valence-electron chi connectivity index (χ0n) is 13.0. The number of fused-ring (bicyclic) bond motifs is 3. The van der Waals surface area contributed by atoms with E-state index in [0.717, 1.165) is 48.2 Å². The lowest BCUT2D eigenvalue weighted by molar-refractivity contribution is -0.137. The third-order valence-corrected chi connectivity index (χ3v) is 5.27. The van der Waals surface area contributed by atoms with Crippen LogP contribution in [0.5, 0.6) is 5.75 Å². The molecule has 5 heteroatoms. The van der Waals surface area contributed by atoms with E-state index >= 15 is 0 Å². The summed E-state index contributed by atoms with van der Waals surface area (Å²) in [5, 5.41) is 13.4. The van der Waals surface area contributed by atoms with Crippen LogP contribution in [-0.4, -0.2) is 11.7 Å². The van der Waals surface area contributed by atoms with Crippen LogP contribution in [0.25, 0.3) is 0 Å². The summed E-state index contributed by atoms with van der Waals surface area (Å²) in [5.74, 6) is 0.531. The van der Waals surface area contributed by atoms with Gasteiger partial charge in [0, 0.05) is 12.0 Å². The summed E-state index contributed by atoms with van der Waals surface area (Å²) in [6.07, 6.45) is -2.24.